The topological polar surface area (TPSA) is 132 Å². The third kappa shape index (κ3) is 5.55. The number of para-hydroxylation sites is 2. The molecule has 10 nitrogen and oxygen atoms in total. The van der Waals surface area contributed by atoms with E-state index in [0.717, 1.165) is 6.26 Å². The minimum atomic E-state index is -4.00. The van der Waals surface area contributed by atoms with E-state index in [9.17, 15) is 16.8 Å². The van der Waals surface area contributed by atoms with E-state index in [0.29, 0.717) is 24.6 Å². The lowest BCUT2D eigenvalue weighted by Gasteiger charge is -2.13. The third-order valence-corrected chi connectivity index (χ3v) is 5.81. The van der Waals surface area contributed by atoms with Crippen molar-refractivity contribution in [2.45, 2.75) is 18.4 Å². The summed E-state index contributed by atoms with van der Waals surface area (Å²) in [7, 11) is -7.58. The van der Waals surface area contributed by atoms with E-state index in [1.807, 2.05) is 6.92 Å². The van der Waals surface area contributed by atoms with Crippen LogP contribution in [0.5, 0.6) is 0 Å². The zero-order valence-corrected chi connectivity index (χ0v) is 17.9. The summed E-state index contributed by atoms with van der Waals surface area (Å²) in [6.45, 7) is 2.72. The Morgan fingerprint density at radius 3 is 2.37 bits per heavy atom. The molecule has 2 N–H and O–H groups in total. The summed E-state index contributed by atoms with van der Waals surface area (Å²) in [5.74, 6) is 0. The Morgan fingerprint density at radius 1 is 1.00 bits per heavy atom. The van der Waals surface area contributed by atoms with Crippen LogP contribution in [0.15, 0.2) is 59.6 Å². The number of nitrogens with zero attached hydrogens (tertiary/aromatic N) is 3. The molecule has 0 aliphatic carbocycles. The first-order valence-corrected chi connectivity index (χ1v) is 12.2. The van der Waals surface area contributed by atoms with Crippen LogP contribution in [0.1, 0.15) is 12.6 Å². The van der Waals surface area contributed by atoms with Crippen molar-refractivity contribution < 1.29 is 21.6 Å². The smallest absolute Gasteiger partial charge is 0.262 e. The summed E-state index contributed by atoms with van der Waals surface area (Å²) in [5.41, 5.74) is 1.34. The van der Waals surface area contributed by atoms with Crippen molar-refractivity contribution in [1.29, 1.82) is 0 Å². The molecule has 0 radical (unpaired) electrons. The van der Waals surface area contributed by atoms with Crippen LogP contribution < -0.4 is 9.44 Å². The SMILES string of the molecule is CCOCc1cn(-c2cccc(S(=O)(=O)Nc3ccccc3NS(C)(=O)=O)c2)nn1. The molecule has 0 unspecified atom stereocenters. The molecule has 160 valence electrons. The zero-order chi connectivity index (χ0) is 21.8. The standard InChI is InChI=1S/C18H21N5O5S2/c1-3-28-13-14-12-23(22-19-14)15-7-6-8-16(11-15)30(26,27)21-18-10-5-4-9-17(18)20-29(2,24)25/h4-12,20-21H,3,13H2,1-2H3. The quantitative estimate of drug-likeness (QED) is 0.508. The molecule has 0 aliphatic heterocycles. The van der Waals surface area contributed by atoms with Crippen LogP contribution in [-0.2, 0) is 31.4 Å². The van der Waals surface area contributed by atoms with E-state index >= 15 is 0 Å². The van der Waals surface area contributed by atoms with Crippen LogP contribution in [0.2, 0.25) is 0 Å². The summed E-state index contributed by atoms with van der Waals surface area (Å²) in [6, 6.07) is 12.3. The summed E-state index contributed by atoms with van der Waals surface area (Å²) in [5, 5.41) is 7.99. The van der Waals surface area contributed by atoms with Gasteiger partial charge in [0.1, 0.15) is 5.69 Å². The predicted octanol–water partition coefficient (Wildman–Crippen LogP) is 1.98. The maximum absolute atomic E-state index is 12.9. The highest BCUT2D eigenvalue weighted by Gasteiger charge is 2.18. The van der Waals surface area contributed by atoms with Gasteiger partial charge in [-0.05, 0) is 37.3 Å². The van der Waals surface area contributed by atoms with Gasteiger partial charge >= 0.3 is 0 Å². The molecule has 3 rings (SSSR count). The molecule has 12 heteroatoms. The fourth-order valence-corrected chi connectivity index (χ4v) is 4.25. The normalized spacial score (nSPS) is 11.9. The molecule has 0 spiro atoms. The van der Waals surface area contributed by atoms with E-state index < -0.39 is 20.0 Å². The van der Waals surface area contributed by atoms with Crippen LogP contribution in [-0.4, -0.2) is 44.7 Å². The largest absolute Gasteiger partial charge is 0.375 e. The molecular weight excluding hydrogens is 430 g/mol. The number of hydrogen-bond donors (Lipinski definition) is 2. The highest BCUT2D eigenvalue weighted by atomic mass is 32.2. The number of benzene rings is 2. The van der Waals surface area contributed by atoms with Crippen LogP contribution in [0.3, 0.4) is 0 Å². The highest BCUT2D eigenvalue weighted by Crippen LogP contribution is 2.25. The first-order chi connectivity index (χ1) is 14.2. The van der Waals surface area contributed by atoms with Crippen LogP contribution in [0.4, 0.5) is 11.4 Å². The Bertz CT molecular complexity index is 1240. The number of sulfonamides is 2. The van der Waals surface area contributed by atoms with Gasteiger partial charge in [0.15, 0.2) is 0 Å². The number of anilines is 2. The third-order valence-electron chi connectivity index (χ3n) is 3.85. The number of hydrogen-bond acceptors (Lipinski definition) is 7. The van der Waals surface area contributed by atoms with Gasteiger partial charge in [-0.25, -0.2) is 21.5 Å². The van der Waals surface area contributed by atoms with Gasteiger partial charge in [0.25, 0.3) is 10.0 Å². The lowest BCUT2D eigenvalue weighted by atomic mass is 10.3. The van der Waals surface area contributed by atoms with Gasteiger partial charge < -0.3 is 4.74 Å². The van der Waals surface area contributed by atoms with E-state index in [1.54, 1.807) is 30.5 Å². The van der Waals surface area contributed by atoms with E-state index in [-0.39, 0.29) is 16.3 Å². The molecule has 0 saturated heterocycles. The van der Waals surface area contributed by atoms with Gasteiger partial charge in [0.05, 0.1) is 41.0 Å². The minimum Gasteiger partial charge on any atom is -0.375 e. The van der Waals surface area contributed by atoms with Gasteiger partial charge in [-0.3, -0.25) is 9.44 Å². The van der Waals surface area contributed by atoms with Crippen molar-refractivity contribution in [3.05, 3.63) is 60.4 Å². The maximum Gasteiger partial charge on any atom is 0.262 e. The van der Waals surface area contributed by atoms with Crippen LogP contribution in [0, 0.1) is 0 Å². The van der Waals surface area contributed by atoms with Crippen molar-refractivity contribution in [2.75, 3.05) is 22.3 Å². The monoisotopic (exact) mass is 451 g/mol. The average molecular weight is 452 g/mol. The molecule has 0 aliphatic rings. The Balaban J connectivity index is 1.88. The summed E-state index contributed by atoms with van der Waals surface area (Å²) in [6.07, 6.45) is 2.64. The first-order valence-electron chi connectivity index (χ1n) is 8.87. The van der Waals surface area contributed by atoms with Crippen molar-refractivity contribution in [1.82, 2.24) is 15.0 Å². The second kappa shape index (κ2) is 8.81. The molecule has 0 atom stereocenters. The molecule has 3 aromatic rings. The van der Waals surface area contributed by atoms with Crippen molar-refractivity contribution in [2.24, 2.45) is 0 Å². The fourth-order valence-electron chi connectivity index (χ4n) is 2.56. The van der Waals surface area contributed by atoms with Gasteiger partial charge in [-0.1, -0.05) is 23.4 Å². The molecule has 30 heavy (non-hydrogen) atoms. The Hall–Kier alpha value is -2.96. The van der Waals surface area contributed by atoms with Crippen molar-refractivity contribution in [3.8, 4) is 5.69 Å². The number of aromatic nitrogens is 3. The fraction of sp³-hybridized carbons (Fsp3) is 0.222. The second-order valence-electron chi connectivity index (χ2n) is 6.31. The lowest BCUT2D eigenvalue weighted by molar-refractivity contribution is 0.131. The van der Waals surface area contributed by atoms with Gasteiger partial charge in [-0.15, -0.1) is 5.10 Å². The van der Waals surface area contributed by atoms with Crippen molar-refractivity contribution in [3.63, 3.8) is 0 Å². The second-order valence-corrected chi connectivity index (χ2v) is 9.75. The molecule has 1 aromatic heterocycles. The Morgan fingerprint density at radius 2 is 1.70 bits per heavy atom. The number of nitrogens with one attached hydrogen (secondary N) is 2. The van der Waals surface area contributed by atoms with Gasteiger partial charge in [-0.2, -0.15) is 0 Å². The minimum absolute atomic E-state index is 0.0176. The van der Waals surface area contributed by atoms with E-state index in [2.05, 4.69) is 19.8 Å². The van der Waals surface area contributed by atoms with E-state index in [1.165, 1.54) is 28.9 Å². The maximum atomic E-state index is 12.9. The summed E-state index contributed by atoms with van der Waals surface area (Å²) >= 11 is 0. The Kier molecular flexibility index (Phi) is 6.39. The molecule has 0 fully saturated rings. The van der Waals surface area contributed by atoms with Crippen LogP contribution in [0.25, 0.3) is 5.69 Å². The van der Waals surface area contributed by atoms with Gasteiger partial charge in [0, 0.05) is 6.61 Å². The summed E-state index contributed by atoms with van der Waals surface area (Å²) < 4.78 is 60.3. The molecule has 1 heterocycles. The number of rotatable bonds is 9. The molecule has 0 saturated carbocycles. The molecular formula is C18H21N5O5S2. The molecule has 0 bridgehead atoms. The zero-order valence-electron chi connectivity index (χ0n) is 16.3. The molecule has 2 aromatic carbocycles. The first kappa shape index (κ1) is 21.7. The Labute approximate surface area is 175 Å². The predicted molar refractivity (Wildman–Crippen MR) is 112 cm³/mol. The lowest BCUT2D eigenvalue weighted by Crippen LogP contribution is -2.16. The summed E-state index contributed by atoms with van der Waals surface area (Å²) in [4.78, 5) is -0.0176. The highest BCUT2D eigenvalue weighted by molar-refractivity contribution is 7.93. The van der Waals surface area contributed by atoms with E-state index in [4.69, 9.17) is 4.74 Å². The van der Waals surface area contributed by atoms with Crippen LogP contribution >= 0.6 is 0 Å². The van der Waals surface area contributed by atoms with Gasteiger partial charge in [0.2, 0.25) is 10.0 Å². The number of ether oxygens (including phenoxy) is 1. The average Bonchev–Trinajstić information content (AvgIpc) is 3.16. The molecule has 0 amide bonds. The van der Waals surface area contributed by atoms with Crippen molar-refractivity contribution >= 4 is 31.4 Å².